The van der Waals surface area contributed by atoms with Gasteiger partial charge in [-0.2, -0.15) is 0 Å². The fourth-order valence-electron chi connectivity index (χ4n) is 18.7. The SMILES string of the molecule is CC(C)(C)c1cc(-c2ccc3c(c2)N(c2c(-c4ccccc4)cccc2-c2ccccc2)c2cc(C(C)(C)C)cc4c2B3c2ccc(-n3c5ccccc5c5cc6c(cc53)C3(c5ccccc5-c5ccccc53)c3ccccc3-6)cc2N4c2c(-c3ccccc3)cccc2-c2ccccc2)cc(C(C)(C)C)c1. The van der Waals surface area contributed by atoms with E-state index in [1.54, 1.807) is 0 Å². The topological polar surface area (TPSA) is 11.4 Å². The third-order valence-electron chi connectivity index (χ3n) is 23.8. The van der Waals surface area contributed by atoms with Crippen LogP contribution >= 0.6 is 0 Å². The maximum atomic E-state index is 2.72. The van der Waals surface area contributed by atoms with Crippen LogP contribution in [-0.2, 0) is 21.7 Å². The summed E-state index contributed by atoms with van der Waals surface area (Å²) in [5.74, 6) is 0. The first-order valence-electron chi connectivity index (χ1n) is 38.1. The maximum absolute atomic E-state index is 2.72. The first kappa shape index (κ1) is 64.4. The Morgan fingerprint density at radius 1 is 0.252 bits per heavy atom. The van der Waals surface area contributed by atoms with Crippen LogP contribution in [0.4, 0.5) is 34.1 Å². The summed E-state index contributed by atoms with van der Waals surface area (Å²) >= 11 is 0. The number of rotatable bonds is 8. The lowest BCUT2D eigenvalue weighted by molar-refractivity contribution is 0.569. The Labute approximate surface area is 629 Å². The zero-order valence-corrected chi connectivity index (χ0v) is 62.2. The summed E-state index contributed by atoms with van der Waals surface area (Å²) in [6, 6.07) is 128. The van der Waals surface area contributed by atoms with Crippen LogP contribution in [0, 0.1) is 0 Å². The fraction of sp³-hybridized carbons (Fsp3) is 0.126. The van der Waals surface area contributed by atoms with Crippen LogP contribution in [0.5, 0.6) is 0 Å². The van der Waals surface area contributed by atoms with E-state index < -0.39 is 5.41 Å². The van der Waals surface area contributed by atoms with E-state index in [1.165, 1.54) is 111 Å². The summed E-state index contributed by atoms with van der Waals surface area (Å²) in [4.78, 5) is 5.44. The predicted molar refractivity (Wildman–Crippen MR) is 454 cm³/mol. The molecule has 4 heteroatoms. The molecule has 0 fully saturated rings. The second-order valence-corrected chi connectivity index (χ2v) is 33.1. The highest BCUT2D eigenvalue weighted by molar-refractivity contribution is 7.00. The first-order chi connectivity index (χ1) is 52.0. The van der Waals surface area contributed by atoms with E-state index in [2.05, 4.69) is 410 Å². The summed E-state index contributed by atoms with van der Waals surface area (Å²) in [7, 11) is 0. The molecular formula is C103H82BN3. The van der Waals surface area contributed by atoms with Crippen molar-refractivity contribution in [2.75, 3.05) is 9.80 Å². The minimum Gasteiger partial charge on any atom is -0.310 e. The largest absolute Gasteiger partial charge is 0.310 e. The van der Waals surface area contributed by atoms with Crippen molar-refractivity contribution in [3.8, 4) is 83.6 Å². The Morgan fingerprint density at radius 2 is 0.645 bits per heavy atom. The summed E-state index contributed by atoms with van der Waals surface area (Å²) in [6.07, 6.45) is 0. The van der Waals surface area contributed by atoms with E-state index in [0.717, 1.165) is 84.1 Å². The predicted octanol–water partition coefficient (Wildman–Crippen LogP) is 25.4. The van der Waals surface area contributed by atoms with Gasteiger partial charge in [-0.25, -0.2) is 0 Å². The molecular weight excluding hydrogens is 1290 g/mol. The van der Waals surface area contributed by atoms with Crippen molar-refractivity contribution >= 4 is 79.0 Å². The van der Waals surface area contributed by atoms with Crippen LogP contribution in [-0.4, -0.2) is 11.3 Å². The second-order valence-electron chi connectivity index (χ2n) is 33.1. The third-order valence-corrected chi connectivity index (χ3v) is 23.8. The van der Waals surface area contributed by atoms with Crippen LogP contribution in [0.2, 0.25) is 0 Å². The van der Waals surface area contributed by atoms with Gasteiger partial charge in [0.25, 0.3) is 6.71 Å². The van der Waals surface area contributed by atoms with Crippen molar-refractivity contribution in [3.05, 3.63) is 373 Å². The van der Waals surface area contributed by atoms with Crippen molar-refractivity contribution in [3.63, 3.8) is 0 Å². The van der Waals surface area contributed by atoms with Crippen LogP contribution in [0.25, 0.3) is 105 Å². The van der Waals surface area contributed by atoms with Crippen molar-refractivity contribution in [1.29, 1.82) is 0 Å². The smallest absolute Gasteiger partial charge is 0.252 e. The number of para-hydroxylation sites is 3. The highest BCUT2D eigenvalue weighted by atomic mass is 15.2. The lowest BCUT2D eigenvalue weighted by Crippen LogP contribution is -2.61. The van der Waals surface area contributed by atoms with Crippen molar-refractivity contribution in [2.45, 2.75) is 84.0 Å². The third kappa shape index (κ3) is 9.81. The molecule has 1 aromatic heterocycles. The first-order valence-corrected chi connectivity index (χ1v) is 38.1. The molecule has 2 aliphatic carbocycles. The molecule has 107 heavy (non-hydrogen) atoms. The molecule has 0 atom stereocenters. The Morgan fingerprint density at radius 3 is 1.11 bits per heavy atom. The molecule has 0 radical (unpaired) electrons. The fourth-order valence-corrected chi connectivity index (χ4v) is 18.7. The van der Waals surface area contributed by atoms with E-state index in [-0.39, 0.29) is 23.0 Å². The van der Waals surface area contributed by atoms with E-state index in [1.807, 2.05) is 0 Å². The number of benzene rings is 15. The molecule has 0 unspecified atom stereocenters. The molecule has 3 nitrogen and oxygen atoms in total. The maximum Gasteiger partial charge on any atom is 0.252 e. The van der Waals surface area contributed by atoms with Crippen molar-refractivity contribution in [2.24, 2.45) is 0 Å². The molecule has 0 saturated heterocycles. The van der Waals surface area contributed by atoms with Crippen LogP contribution < -0.4 is 26.2 Å². The van der Waals surface area contributed by atoms with Gasteiger partial charge < -0.3 is 14.4 Å². The number of hydrogen-bond acceptors (Lipinski definition) is 2. The highest BCUT2D eigenvalue weighted by Crippen LogP contribution is 2.64. The van der Waals surface area contributed by atoms with Crippen molar-refractivity contribution in [1.82, 2.24) is 4.57 Å². The number of hydrogen-bond donors (Lipinski definition) is 0. The molecule has 1 spiro atoms. The Hall–Kier alpha value is -12.2. The van der Waals surface area contributed by atoms with Gasteiger partial charge in [0.05, 0.1) is 27.8 Å². The molecule has 4 aliphatic rings. The van der Waals surface area contributed by atoms with Crippen LogP contribution in [0.15, 0.2) is 334 Å². The minimum absolute atomic E-state index is 0.0914. The number of fused-ring (bicyclic) bond motifs is 17. The summed E-state index contributed by atoms with van der Waals surface area (Å²) in [6.45, 7) is 21.1. The van der Waals surface area contributed by atoms with Gasteiger partial charge in [-0.15, -0.1) is 0 Å². The molecule has 2 aliphatic heterocycles. The number of aromatic nitrogens is 1. The number of anilines is 6. The molecule has 3 heterocycles. The number of nitrogens with zero attached hydrogens (tertiary/aromatic N) is 3. The normalized spacial score (nSPS) is 13.7. The van der Waals surface area contributed by atoms with E-state index in [9.17, 15) is 0 Å². The van der Waals surface area contributed by atoms with E-state index >= 15 is 0 Å². The average Bonchev–Trinajstić information content (AvgIpc) is 1.58. The Bertz CT molecular complexity index is 6130. The second kappa shape index (κ2) is 23.9. The molecule has 15 aromatic carbocycles. The molecule has 0 saturated carbocycles. The van der Waals surface area contributed by atoms with Gasteiger partial charge in [0.15, 0.2) is 0 Å². The lowest BCUT2D eigenvalue weighted by atomic mass is 9.33. The standard InChI is InChI=1S/C103H82BN3/c1-100(2,3)71-56-70(57-72(59-71)101(4,5)6)69-52-54-89-93(58-69)106(98-75(65-32-14-10-15-33-65)44-30-45-76(98)66-34-16-11-17-35-66)95-60-73(102(7,8)9)61-96-97(95)104(89)90-55-53-74(62-94(90)107(96)99-77(67-36-18-12-19-37-67)46-31-47-78(99)68-38-20-13-21-39-68)105-91-51-29-25-43-82(91)84-63-83-81-42-24-28-50-87(81)103(88(83)64-92(84)105)85-48-26-22-40-79(85)80-41-23-27-49-86(80)103/h10-64H,1-9H3. The van der Waals surface area contributed by atoms with Gasteiger partial charge in [-0.05, 0) is 176 Å². The Kier molecular flexibility index (Phi) is 14.4. The Balaban J connectivity index is 0.928. The molecule has 20 rings (SSSR count). The van der Waals surface area contributed by atoms with Gasteiger partial charge >= 0.3 is 0 Å². The molecule has 16 aromatic rings. The molecule has 0 N–H and O–H groups in total. The molecule has 0 amide bonds. The van der Waals surface area contributed by atoms with Gasteiger partial charge in [0.2, 0.25) is 0 Å². The lowest BCUT2D eigenvalue weighted by Gasteiger charge is -2.46. The quantitative estimate of drug-likeness (QED) is 0.141. The summed E-state index contributed by atoms with van der Waals surface area (Å²) < 4.78 is 2.60. The van der Waals surface area contributed by atoms with Crippen LogP contribution in [0.1, 0.15) is 101 Å². The molecule has 512 valence electrons. The van der Waals surface area contributed by atoms with Crippen LogP contribution in [0.3, 0.4) is 0 Å². The molecule has 0 bridgehead atoms. The highest BCUT2D eigenvalue weighted by Gasteiger charge is 2.52. The van der Waals surface area contributed by atoms with Crippen molar-refractivity contribution < 1.29 is 0 Å². The van der Waals surface area contributed by atoms with E-state index in [0.29, 0.717) is 0 Å². The summed E-state index contributed by atoms with van der Waals surface area (Å²) in [5, 5.41) is 2.46. The van der Waals surface area contributed by atoms with E-state index in [4.69, 9.17) is 0 Å². The average molecular weight is 1370 g/mol. The monoisotopic (exact) mass is 1370 g/mol. The zero-order valence-electron chi connectivity index (χ0n) is 62.2. The van der Waals surface area contributed by atoms with Gasteiger partial charge in [-0.1, -0.05) is 347 Å². The van der Waals surface area contributed by atoms with Gasteiger partial charge in [0.1, 0.15) is 0 Å². The van der Waals surface area contributed by atoms with Gasteiger partial charge in [-0.3, -0.25) is 0 Å². The zero-order chi connectivity index (χ0) is 72.4. The minimum atomic E-state index is -0.529. The summed E-state index contributed by atoms with van der Waals surface area (Å²) in [5.41, 5.74) is 39.1. The van der Waals surface area contributed by atoms with Gasteiger partial charge in [0, 0.05) is 61.5 Å².